The maximum atomic E-state index is 12.7. The summed E-state index contributed by atoms with van der Waals surface area (Å²) in [6, 6.07) is 0. The Morgan fingerprint density at radius 1 is 1.29 bits per heavy atom. The lowest BCUT2D eigenvalue weighted by molar-refractivity contribution is -0.0444. The molecule has 0 spiro atoms. The summed E-state index contributed by atoms with van der Waals surface area (Å²) < 4.78 is 71.1. The summed E-state index contributed by atoms with van der Waals surface area (Å²) in [4.78, 5) is 0. The van der Waals surface area contributed by atoms with Gasteiger partial charge in [0.2, 0.25) is 0 Å². The van der Waals surface area contributed by atoms with Gasteiger partial charge in [0, 0.05) is 13.0 Å². The predicted octanol–water partition coefficient (Wildman–Crippen LogP) is 1.27. The van der Waals surface area contributed by atoms with Gasteiger partial charge in [0.1, 0.15) is 0 Å². The summed E-state index contributed by atoms with van der Waals surface area (Å²) in [7, 11) is -4.85. The van der Waals surface area contributed by atoms with Crippen LogP contribution in [0.15, 0.2) is 0 Å². The monoisotopic (exact) mass is 235 g/mol. The van der Waals surface area contributed by atoms with Gasteiger partial charge < -0.3 is 0 Å². The number of nitrogens with zero attached hydrogens (tertiary/aromatic N) is 1. The molecule has 1 aliphatic heterocycles. The lowest BCUT2D eigenvalue weighted by Gasteiger charge is -2.31. The smallest absolute Gasteiger partial charge is 0.206 e. The van der Waals surface area contributed by atoms with Gasteiger partial charge in [-0.05, 0) is 6.42 Å². The van der Waals surface area contributed by atoms with E-state index in [1.165, 1.54) is 0 Å². The van der Waals surface area contributed by atoms with Gasteiger partial charge in [-0.3, -0.25) is 0 Å². The summed E-state index contributed by atoms with van der Waals surface area (Å²) in [6.07, 6.45) is -0.554. The first kappa shape index (κ1) is 11.7. The van der Waals surface area contributed by atoms with Crippen molar-refractivity contribution in [3.63, 3.8) is 0 Å². The molecule has 1 aliphatic rings. The summed E-state index contributed by atoms with van der Waals surface area (Å²) in [6.45, 7) is -1.40. The Morgan fingerprint density at radius 3 is 2.29 bits per heavy atom. The molecule has 1 saturated heterocycles. The Bertz CT molecular complexity index is 303. The molecule has 0 radical (unpaired) electrons. The van der Waals surface area contributed by atoms with Gasteiger partial charge >= 0.3 is 5.76 Å². The molecular formula is C6H9F4NO2S. The molecule has 1 heterocycles. The molecule has 0 saturated carbocycles. The number of rotatable bonds is 2. The van der Waals surface area contributed by atoms with Gasteiger partial charge in [-0.25, -0.2) is 17.2 Å². The summed E-state index contributed by atoms with van der Waals surface area (Å²) >= 11 is 0. The fourth-order valence-corrected chi connectivity index (χ4v) is 2.24. The molecule has 0 N–H and O–H groups in total. The third kappa shape index (κ3) is 2.35. The molecule has 0 aromatic rings. The standard InChI is InChI=1S/C6H9F4NO2S/c7-5(8)14(12,13)11-3-1-2-6(9,10)4-11/h5H,1-4H2. The first-order chi connectivity index (χ1) is 6.26. The van der Waals surface area contributed by atoms with E-state index in [4.69, 9.17) is 0 Å². The van der Waals surface area contributed by atoms with Crippen LogP contribution in [0.4, 0.5) is 17.6 Å². The minimum atomic E-state index is -4.85. The number of piperidine rings is 1. The molecule has 3 nitrogen and oxygen atoms in total. The molecule has 14 heavy (non-hydrogen) atoms. The van der Waals surface area contributed by atoms with E-state index >= 15 is 0 Å². The highest BCUT2D eigenvalue weighted by molar-refractivity contribution is 7.89. The molecule has 0 bridgehead atoms. The van der Waals surface area contributed by atoms with Gasteiger partial charge in [0.25, 0.3) is 15.9 Å². The second-order valence-corrected chi connectivity index (χ2v) is 5.00. The number of alkyl halides is 4. The molecule has 8 heteroatoms. The molecule has 1 rings (SSSR count). The maximum absolute atomic E-state index is 12.7. The minimum absolute atomic E-state index is 0.0983. The molecular weight excluding hydrogens is 226 g/mol. The Morgan fingerprint density at radius 2 is 1.86 bits per heavy atom. The van der Waals surface area contributed by atoms with Gasteiger partial charge in [-0.2, -0.15) is 13.1 Å². The normalized spacial score (nSPS) is 24.1. The second kappa shape index (κ2) is 3.65. The van der Waals surface area contributed by atoms with E-state index in [1.54, 1.807) is 0 Å². The van der Waals surface area contributed by atoms with Crippen LogP contribution in [0, 0.1) is 0 Å². The zero-order valence-electron chi connectivity index (χ0n) is 7.09. The van der Waals surface area contributed by atoms with Crippen LogP contribution in [0.5, 0.6) is 0 Å². The number of halogens is 4. The number of hydrogen-bond acceptors (Lipinski definition) is 2. The lowest BCUT2D eigenvalue weighted by Crippen LogP contribution is -2.47. The third-order valence-electron chi connectivity index (χ3n) is 1.94. The van der Waals surface area contributed by atoms with Crippen LogP contribution in [0.1, 0.15) is 12.8 Å². The van der Waals surface area contributed by atoms with E-state index in [9.17, 15) is 26.0 Å². The van der Waals surface area contributed by atoms with Crippen molar-refractivity contribution in [2.24, 2.45) is 0 Å². The number of hydrogen-bond donors (Lipinski definition) is 0. The van der Waals surface area contributed by atoms with Crippen LogP contribution in [-0.4, -0.2) is 37.5 Å². The molecule has 0 atom stereocenters. The van der Waals surface area contributed by atoms with Crippen LogP contribution in [0.3, 0.4) is 0 Å². The first-order valence-electron chi connectivity index (χ1n) is 3.91. The van der Waals surface area contributed by atoms with Crippen LogP contribution >= 0.6 is 0 Å². The highest BCUT2D eigenvalue weighted by Gasteiger charge is 2.42. The van der Waals surface area contributed by atoms with E-state index in [0.29, 0.717) is 0 Å². The molecule has 0 aliphatic carbocycles. The van der Waals surface area contributed by atoms with E-state index in [-0.39, 0.29) is 17.3 Å². The Labute approximate surface area is 78.7 Å². The third-order valence-corrected chi connectivity index (χ3v) is 3.42. The molecule has 0 aromatic carbocycles. The van der Waals surface area contributed by atoms with Crippen molar-refractivity contribution in [1.82, 2.24) is 4.31 Å². The van der Waals surface area contributed by atoms with Crippen LogP contribution < -0.4 is 0 Å². The minimum Gasteiger partial charge on any atom is -0.206 e. The van der Waals surface area contributed by atoms with Crippen molar-refractivity contribution < 1.29 is 26.0 Å². The number of sulfonamides is 1. The molecule has 84 valence electrons. The summed E-state index contributed by atoms with van der Waals surface area (Å²) in [5.41, 5.74) is 0. The lowest BCUT2D eigenvalue weighted by atomic mass is 10.1. The predicted molar refractivity (Wildman–Crippen MR) is 40.7 cm³/mol. The Kier molecular flexibility index (Phi) is 3.05. The zero-order chi connectivity index (χ0) is 11.0. The van der Waals surface area contributed by atoms with Crippen molar-refractivity contribution in [2.45, 2.75) is 24.5 Å². The fourth-order valence-electron chi connectivity index (χ4n) is 1.26. The van der Waals surface area contributed by atoms with Gasteiger partial charge in [0.15, 0.2) is 0 Å². The average molecular weight is 235 g/mol. The van der Waals surface area contributed by atoms with E-state index < -0.39 is 34.7 Å². The summed E-state index contributed by atoms with van der Waals surface area (Å²) in [5.74, 6) is -6.82. The van der Waals surface area contributed by atoms with Crippen molar-refractivity contribution in [1.29, 1.82) is 0 Å². The highest BCUT2D eigenvalue weighted by Crippen LogP contribution is 2.29. The Balaban J connectivity index is 2.80. The molecule has 0 amide bonds. The van der Waals surface area contributed by atoms with Gasteiger partial charge in [-0.15, -0.1) is 0 Å². The molecule has 1 fully saturated rings. The van der Waals surface area contributed by atoms with Gasteiger partial charge in [-0.1, -0.05) is 0 Å². The van der Waals surface area contributed by atoms with E-state index in [2.05, 4.69) is 0 Å². The largest absolute Gasteiger partial charge is 0.350 e. The molecule has 0 aromatic heterocycles. The van der Waals surface area contributed by atoms with Crippen LogP contribution in [-0.2, 0) is 10.0 Å². The fraction of sp³-hybridized carbons (Fsp3) is 1.00. The van der Waals surface area contributed by atoms with Crippen molar-refractivity contribution in [3.05, 3.63) is 0 Å². The van der Waals surface area contributed by atoms with E-state index in [0.717, 1.165) is 0 Å². The van der Waals surface area contributed by atoms with E-state index in [1.807, 2.05) is 0 Å². The quantitative estimate of drug-likeness (QED) is 0.676. The SMILES string of the molecule is O=S(=O)(C(F)F)N1CCCC(F)(F)C1. The van der Waals surface area contributed by atoms with Crippen LogP contribution in [0.2, 0.25) is 0 Å². The highest BCUT2D eigenvalue weighted by atomic mass is 32.2. The second-order valence-electron chi connectivity index (χ2n) is 3.10. The molecule has 0 unspecified atom stereocenters. The van der Waals surface area contributed by atoms with Gasteiger partial charge in [0.05, 0.1) is 6.54 Å². The zero-order valence-corrected chi connectivity index (χ0v) is 7.91. The topological polar surface area (TPSA) is 37.4 Å². The van der Waals surface area contributed by atoms with Crippen LogP contribution in [0.25, 0.3) is 0 Å². The van der Waals surface area contributed by atoms with Crippen molar-refractivity contribution in [2.75, 3.05) is 13.1 Å². The Hall–Kier alpha value is -0.370. The van der Waals surface area contributed by atoms with Crippen molar-refractivity contribution >= 4 is 10.0 Å². The summed E-state index contributed by atoms with van der Waals surface area (Å²) in [5, 5.41) is 0. The first-order valence-corrected chi connectivity index (χ1v) is 5.41. The average Bonchev–Trinajstić information content (AvgIpc) is 2.02. The maximum Gasteiger partial charge on any atom is 0.350 e. The van der Waals surface area contributed by atoms with Crippen molar-refractivity contribution in [3.8, 4) is 0 Å².